The second kappa shape index (κ2) is 7.27. The van der Waals surface area contributed by atoms with Crippen LogP contribution in [0.5, 0.6) is 0 Å². The Morgan fingerprint density at radius 3 is 2.96 bits per heavy atom. The van der Waals surface area contributed by atoms with Crippen LogP contribution in [-0.4, -0.2) is 32.5 Å². The number of fused-ring (bicyclic) bond motifs is 1. The quantitative estimate of drug-likeness (QED) is 0.575. The molecule has 1 amide bonds. The molecule has 136 valence electrons. The number of hydrogen-bond acceptors (Lipinski definition) is 4. The van der Waals surface area contributed by atoms with Gasteiger partial charge in [0.15, 0.2) is 5.16 Å². The van der Waals surface area contributed by atoms with Crippen molar-refractivity contribution in [2.75, 3.05) is 11.4 Å². The summed E-state index contributed by atoms with van der Waals surface area (Å²) in [6.07, 6.45) is 6.28. The van der Waals surface area contributed by atoms with E-state index in [2.05, 4.69) is 33.5 Å². The van der Waals surface area contributed by atoms with E-state index < -0.39 is 0 Å². The summed E-state index contributed by atoms with van der Waals surface area (Å²) in [6.45, 7) is 7.29. The fourth-order valence-corrected chi connectivity index (χ4v) is 4.45. The molecule has 2 heterocycles. The summed E-state index contributed by atoms with van der Waals surface area (Å²) in [4.78, 5) is 15.1. The van der Waals surface area contributed by atoms with Crippen molar-refractivity contribution in [1.82, 2.24) is 14.8 Å². The van der Waals surface area contributed by atoms with Gasteiger partial charge in [0.2, 0.25) is 5.91 Å². The van der Waals surface area contributed by atoms with Crippen molar-refractivity contribution in [3.63, 3.8) is 0 Å². The number of allylic oxidation sites excluding steroid dienone is 1. The molecule has 4 rings (SSSR count). The van der Waals surface area contributed by atoms with E-state index >= 15 is 0 Å². The molecular formula is C20H24N4OS. The van der Waals surface area contributed by atoms with Crippen LogP contribution in [0, 0.1) is 0 Å². The maximum absolute atomic E-state index is 13.1. The number of hydrogen-bond donors (Lipinski definition) is 0. The summed E-state index contributed by atoms with van der Waals surface area (Å²) in [7, 11) is 0. The number of nitrogens with zero attached hydrogens (tertiary/aromatic N) is 4. The number of carbonyl (C=O) groups is 1. The lowest BCUT2D eigenvalue weighted by molar-refractivity contribution is -0.117. The lowest BCUT2D eigenvalue weighted by atomic mass is 10.0. The van der Waals surface area contributed by atoms with Gasteiger partial charge < -0.3 is 9.47 Å². The molecule has 0 N–H and O–H groups in total. The van der Waals surface area contributed by atoms with Gasteiger partial charge in [0.25, 0.3) is 0 Å². The van der Waals surface area contributed by atoms with Crippen molar-refractivity contribution in [3.05, 3.63) is 48.3 Å². The van der Waals surface area contributed by atoms with Crippen LogP contribution >= 0.6 is 11.8 Å². The number of thioether (sulfide) groups is 1. The molecule has 5 nitrogen and oxygen atoms in total. The van der Waals surface area contributed by atoms with Gasteiger partial charge in [0.1, 0.15) is 5.82 Å². The Kier molecular flexibility index (Phi) is 4.85. The van der Waals surface area contributed by atoms with Gasteiger partial charge in [0, 0.05) is 24.7 Å². The third-order valence-corrected chi connectivity index (χ3v) is 6.07. The fraction of sp³-hybridized carbons (Fsp3) is 0.450. The zero-order valence-corrected chi connectivity index (χ0v) is 15.9. The van der Waals surface area contributed by atoms with Crippen molar-refractivity contribution in [3.8, 4) is 0 Å². The Morgan fingerprint density at radius 1 is 1.38 bits per heavy atom. The Morgan fingerprint density at radius 2 is 2.19 bits per heavy atom. The second-order valence-electron chi connectivity index (χ2n) is 7.00. The van der Waals surface area contributed by atoms with Gasteiger partial charge in [-0.3, -0.25) is 4.79 Å². The van der Waals surface area contributed by atoms with E-state index in [0.29, 0.717) is 12.5 Å². The lowest BCUT2D eigenvalue weighted by Crippen LogP contribution is -2.40. The molecule has 1 aromatic carbocycles. The molecule has 1 unspecified atom stereocenters. The molecule has 1 fully saturated rings. The average Bonchev–Trinajstić information content (AvgIpc) is 3.44. The highest BCUT2D eigenvalue weighted by Crippen LogP contribution is 2.40. The van der Waals surface area contributed by atoms with Crippen molar-refractivity contribution in [1.29, 1.82) is 0 Å². The summed E-state index contributed by atoms with van der Waals surface area (Å²) in [5.41, 5.74) is 2.32. The highest BCUT2D eigenvalue weighted by atomic mass is 32.2. The van der Waals surface area contributed by atoms with Gasteiger partial charge in [-0.15, -0.1) is 16.8 Å². The number of aromatic nitrogens is 3. The number of anilines is 1. The van der Waals surface area contributed by atoms with Gasteiger partial charge in [-0.05, 0) is 44.2 Å². The van der Waals surface area contributed by atoms with Crippen molar-refractivity contribution in [2.24, 2.45) is 0 Å². The molecule has 1 saturated carbocycles. The summed E-state index contributed by atoms with van der Waals surface area (Å²) < 4.78 is 2.11. The van der Waals surface area contributed by atoms with Crippen LogP contribution in [0.2, 0.25) is 0 Å². The molecule has 0 bridgehead atoms. The molecule has 0 radical (unpaired) electrons. The van der Waals surface area contributed by atoms with E-state index in [1.54, 1.807) is 0 Å². The van der Waals surface area contributed by atoms with E-state index in [9.17, 15) is 4.79 Å². The summed E-state index contributed by atoms with van der Waals surface area (Å²) in [5, 5.41) is 9.35. The Hall–Kier alpha value is -2.08. The van der Waals surface area contributed by atoms with E-state index in [-0.39, 0.29) is 11.2 Å². The van der Waals surface area contributed by atoms with Crippen LogP contribution < -0.4 is 4.90 Å². The first kappa shape index (κ1) is 17.3. The molecule has 6 heteroatoms. The van der Waals surface area contributed by atoms with Gasteiger partial charge in [-0.2, -0.15) is 0 Å². The van der Waals surface area contributed by atoms with E-state index in [4.69, 9.17) is 0 Å². The monoisotopic (exact) mass is 368 g/mol. The molecule has 1 aliphatic heterocycles. The Bertz CT molecular complexity index is 827. The number of para-hydroxylation sites is 1. The number of amides is 1. The zero-order chi connectivity index (χ0) is 18.1. The predicted molar refractivity (Wildman–Crippen MR) is 105 cm³/mol. The molecule has 1 atom stereocenters. The van der Waals surface area contributed by atoms with Crippen LogP contribution in [0.3, 0.4) is 0 Å². The van der Waals surface area contributed by atoms with Crippen LogP contribution in [0.25, 0.3) is 0 Å². The fourth-order valence-electron chi connectivity index (χ4n) is 3.52. The standard InChI is InChI=1S/C20H24N4OS/c1-3-12-24-18(16-10-11-16)21-22-20(24)26-14(2)19(25)23-13-6-8-15-7-4-5-9-17(15)23/h3-5,7,9,14,16H,1,6,8,10-13H2,2H3. The molecular weight excluding hydrogens is 344 g/mol. The lowest BCUT2D eigenvalue weighted by Gasteiger charge is -2.31. The molecule has 2 aliphatic rings. The average molecular weight is 369 g/mol. The van der Waals surface area contributed by atoms with Gasteiger partial charge >= 0.3 is 0 Å². The van der Waals surface area contributed by atoms with Gasteiger partial charge in [-0.25, -0.2) is 0 Å². The van der Waals surface area contributed by atoms with E-state index in [0.717, 1.165) is 36.1 Å². The van der Waals surface area contributed by atoms with Gasteiger partial charge in [-0.1, -0.05) is 36.0 Å². The number of benzene rings is 1. The second-order valence-corrected chi connectivity index (χ2v) is 8.30. The minimum absolute atomic E-state index is 0.142. The van der Waals surface area contributed by atoms with Crippen LogP contribution in [0.4, 0.5) is 5.69 Å². The van der Waals surface area contributed by atoms with E-state index in [1.807, 2.05) is 30.0 Å². The summed E-state index contributed by atoms with van der Waals surface area (Å²) >= 11 is 1.50. The number of carbonyl (C=O) groups excluding carboxylic acids is 1. The summed E-state index contributed by atoms with van der Waals surface area (Å²) in [6, 6.07) is 8.22. The first-order chi connectivity index (χ1) is 12.7. The maximum Gasteiger partial charge on any atom is 0.240 e. The number of rotatable bonds is 6. The predicted octanol–water partition coefficient (Wildman–Crippen LogP) is 3.80. The maximum atomic E-state index is 13.1. The van der Waals surface area contributed by atoms with Crippen LogP contribution in [0.15, 0.2) is 42.1 Å². The molecule has 0 spiro atoms. The zero-order valence-electron chi connectivity index (χ0n) is 15.1. The minimum Gasteiger partial charge on any atom is -0.311 e. The molecule has 26 heavy (non-hydrogen) atoms. The third-order valence-electron chi connectivity index (χ3n) is 5.01. The van der Waals surface area contributed by atoms with Crippen LogP contribution in [0.1, 0.15) is 43.5 Å². The van der Waals surface area contributed by atoms with Gasteiger partial charge in [0.05, 0.1) is 5.25 Å². The third kappa shape index (κ3) is 3.30. The molecule has 1 aliphatic carbocycles. The van der Waals surface area contributed by atoms with Crippen molar-refractivity contribution in [2.45, 2.75) is 55.5 Å². The molecule has 2 aromatic rings. The number of aryl methyl sites for hydroxylation is 1. The minimum atomic E-state index is -0.207. The van der Waals surface area contributed by atoms with Crippen molar-refractivity contribution >= 4 is 23.4 Å². The first-order valence-corrected chi connectivity index (χ1v) is 10.2. The van der Waals surface area contributed by atoms with Crippen molar-refractivity contribution < 1.29 is 4.79 Å². The summed E-state index contributed by atoms with van der Waals surface area (Å²) in [5.74, 6) is 1.70. The van der Waals surface area contributed by atoms with E-state index in [1.165, 1.54) is 30.2 Å². The smallest absolute Gasteiger partial charge is 0.240 e. The highest BCUT2D eigenvalue weighted by Gasteiger charge is 2.32. The largest absolute Gasteiger partial charge is 0.311 e. The Balaban J connectivity index is 1.53. The first-order valence-electron chi connectivity index (χ1n) is 9.29. The normalized spacial score (nSPS) is 17.7. The molecule has 1 aromatic heterocycles. The molecule has 0 saturated heterocycles. The topological polar surface area (TPSA) is 51.0 Å². The SMILES string of the molecule is C=CCn1c(SC(C)C(=O)N2CCCc3ccccc32)nnc1C1CC1. The highest BCUT2D eigenvalue weighted by molar-refractivity contribution is 8.00. The van der Waals surface area contributed by atoms with Crippen LogP contribution in [-0.2, 0) is 17.8 Å². The Labute approximate surface area is 158 Å².